The third-order valence-electron chi connectivity index (χ3n) is 5.73. The van der Waals surface area contributed by atoms with Crippen LogP contribution in [0.5, 0.6) is 0 Å². The van der Waals surface area contributed by atoms with Crippen LogP contribution in [0.3, 0.4) is 0 Å². The molecule has 0 radical (unpaired) electrons. The number of aromatic nitrogens is 1. The highest BCUT2D eigenvalue weighted by Gasteiger charge is 2.34. The molecular formula is C24H20F2N4. The van der Waals surface area contributed by atoms with E-state index in [-0.39, 0.29) is 11.8 Å². The van der Waals surface area contributed by atoms with Gasteiger partial charge in [0.05, 0.1) is 12.3 Å². The van der Waals surface area contributed by atoms with Crippen LogP contribution < -0.4 is 5.32 Å². The van der Waals surface area contributed by atoms with Crippen molar-refractivity contribution in [2.75, 3.05) is 6.54 Å². The molecule has 1 aliphatic heterocycles. The Morgan fingerprint density at radius 2 is 1.90 bits per heavy atom. The fourth-order valence-corrected chi connectivity index (χ4v) is 4.26. The summed E-state index contributed by atoms with van der Waals surface area (Å²) in [5, 5.41) is 3.29. The summed E-state index contributed by atoms with van der Waals surface area (Å²) >= 11 is 0. The van der Waals surface area contributed by atoms with Gasteiger partial charge in [-0.3, -0.25) is 9.98 Å². The van der Waals surface area contributed by atoms with E-state index in [0.717, 1.165) is 34.4 Å². The summed E-state index contributed by atoms with van der Waals surface area (Å²) in [6.07, 6.45) is 4.32. The largest absolute Gasteiger partial charge is 0.350 e. The first-order chi connectivity index (χ1) is 14.7. The van der Waals surface area contributed by atoms with Crippen LogP contribution in [0.4, 0.5) is 8.78 Å². The Hall–Kier alpha value is -3.41. The van der Waals surface area contributed by atoms with Crippen molar-refractivity contribution in [2.45, 2.75) is 18.9 Å². The Morgan fingerprint density at radius 1 is 1.00 bits per heavy atom. The summed E-state index contributed by atoms with van der Waals surface area (Å²) < 4.78 is 27.3. The zero-order valence-corrected chi connectivity index (χ0v) is 16.2. The summed E-state index contributed by atoms with van der Waals surface area (Å²) in [4.78, 5) is 13.6. The third-order valence-corrected chi connectivity index (χ3v) is 5.73. The van der Waals surface area contributed by atoms with Gasteiger partial charge >= 0.3 is 0 Å². The number of guanidine groups is 1. The van der Waals surface area contributed by atoms with Crippen LogP contribution in [0.2, 0.25) is 0 Å². The van der Waals surface area contributed by atoms with Gasteiger partial charge < -0.3 is 5.32 Å². The molecule has 4 nitrogen and oxygen atoms in total. The van der Waals surface area contributed by atoms with E-state index in [9.17, 15) is 8.78 Å². The van der Waals surface area contributed by atoms with Crippen LogP contribution in [-0.4, -0.2) is 23.2 Å². The van der Waals surface area contributed by atoms with E-state index in [2.05, 4.69) is 27.4 Å². The van der Waals surface area contributed by atoms with Crippen molar-refractivity contribution in [3.05, 3.63) is 101 Å². The first-order valence-electron chi connectivity index (χ1n) is 9.99. The smallest absolute Gasteiger partial charge is 0.218 e. The zero-order chi connectivity index (χ0) is 20.5. The van der Waals surface area contributed by atoms with Crippen molar-refractivity contribution in [2.24, 2.45) is 15.9 Å². The molecule has 2 heterocycles. The molecule has 2 aromatic carbocycles. The van der Waals surface area contributed by atoms with E-state index < -0.39 is 11.6 Å². The van der Waals surface area contributed by atoms with Crippen molar-refractivity contribution in [3.63, 3.8) is 0 Å². The first-order valence-corrected chi connectivity index (χ1v) is 9.99. The summed E-state index contributed by atoms with van der Waals surface area (Å²) in [5.41, 5.74) is 4.99. The SMILES string of the molecule is Fc1ccc(C2CC3CN=C(NCc4cccnc4)N=C3c3ccccc32)cc1F. The molecule has 2 aliphatic rings. The van der Waals surface area contributed by atoms with E-state index in [4.69, 9.17) is 4.99 Å². The number of hydrogen-bond donors (Lipinski definition) is 1. The average Bonchev–Trinajstić information content (AvgIpc) is 2.79. The summed E-state index contributed by atoms with van der Waals surface area (Å²) in [6.45, 7) is 1.22. The summed E-state index contributed by atoms with van der Waals surface area (Å²) in [6, 6.07) is 16.2. The lowest BCUT2D eigenvalue weighted by molar-refractivity contribution is 0.502. The minimum Gasteiger partial charge on any atom is -0.350 e. The highest BCUT2D eigenvalue weighted by Crippen LogP contribution is 2.40. The Labute approximate surface area is 173 Å². The maximum absolute atomic E-state index is 13.9. The van der Waals surface area contributed by atoms with Crippen molar-refractivity contribution in [1.82, 2.24) is 10.3 Å². The topological polar surface area (TPSA) is 49.6 Å². The number of rotatable bonds is 3. The van der Waals surface area contributed by atoms with E-state index >= 15 is 0 Å². The predicted octanol–water partition coefficient (Wildman–Crippen LogP) is 4.46. The second kappa shape index (κ2) is 7.78. The van der Waals surface area contributed by atoms with Crippen molar-refractivity contribution in [1.29, 1.82) is 0 Å². The van der Waals surface area contributed by atoms with Gasteiger partial charge in [-0.2, -0.15) is 0 Å². The lowest BCUT2D eigenvalue weighted by Gasteiger charge is -2.34. The van der Waals surface area contributed by atoms with Gasteiger partial charge in [-0.05, 0) is 41.3 Å². The monoisotopic (exact) mass is 402 g/mol. The fraction of sp³-hybridized carbons (Fsp3) is 0.208. The molecule has 2 unspecified atom stereocenters. The highest BCUT2D eigenvalue weighted by atomic mass is 19.2. The Morgan fingerprint density at radius 3 is 2.73 bits per heavy atom. The van der Waals surface area contributed by atoms with Crippen LogP contribution in [0.1, 0.15) is 34.6 Å². The number of pyridine rings is 1. The number of hydrogen-bond acceptors (Lipinski definition) is 4. The number of aliphatic imine (C=N–C) groups is 2. The molecule has 0 spiro atoms. The molecule has 2 atom stereocenters. The maximum Gasteiger partial charge on any atom is 0.218 e. The van der Waals surface area contributed by atoms with Crippen molar-refractivity contribution in [3.8, 4) is 0 Å². The van der Waals surface area contributed by atoms with Gasteiger partial charge in [-0.15, -0.1) is 0 Å². The summed E-state index contributed by atoms with van der Waals surface area (Å²) in [5.74, 6) is -0.891. The molecule has 1 aromatic heterocycles. The number of nitrogens with one attached hydrogen (secondary N) is 1. The fourth-order valence-electron chi connectivity index (χ4n) is 4.26. The molecule has 0 fully saturated rings. The quantitative estimate of drug-likeness (QED) is 0.703. The third kappa shape index (κ3) is 3.49. The van der Waals surface area contributed by atoms with Gasteiger partial charge in [0, 0.05) is 36.3 Å². The van der Waals surface area contributed by atoms with Gasteiger partial charge in [0.25, 0.3) is 0 Å². The van der Waals surface area contributed by atoms with Gasteiger partial charge in [-0.1, -0.05) is 36.4 Å². The second-order valence-corrected chi connectivity index (χ2v) is 7.62. The lowest BCUT2D eigenvalue weighted by atomic mass is 9.72. The second-order valence-electron chi connectivity index (χ2n) is 7.62. The van der Waals surface area contributed by atoms with Gasteiger partial charge in [-0.25, -0.2) is 13.8 Å². The van der Waals surface area contributed by atoms with E-state index in [1.807, 2.05) is 30.5 Å². The molecule has 30 heavy (non-hydrogen) atoms. The van der Waals surface area contributed by atoms with Crippen LogP contribution in [0.15, 0.2) is 77.0 Å². The molecule has 0 saturated carbocycles. The first kappa shape index (κ1) is 18.6. The maximum atomic E-state index is 13.9. The van der Waals surface area contributed by atoms with E-state index in [0.29, 0.717) is 19.0 Å². The Bertz CT molecular complexity index is 1140. The molecule has 5 rings (SSSR count). The minimum atomic E-state index is -0.823. The van der Waals surface area contributed by atoms with Gasteiger partial charge in [0.1, 0.15) is 0 Å². The molecule has 0 saturated heterocycles. The van der Waals surface area contributed by atoms with Crippen LogP contribution in [0.25, 0.3) is 0 Å². The molecule has 3 aromatic rings. The standard InChI is InChI=1S/C24H20F2N4/c25-21-8-7-16(11-22(21)26)20-10-17-14-29-24(28-13-15-4-3-9-27-12-15)30-23(17)19-6-2-1-5-18(19)20/h1-9,11-12,17,20H,10,13-14H2,(H,28,29). The van der Waals surface area contributed by atoms with Crippen LogP contribution >= 0.6 is 0 Å². The minimum absolute atomic E-state index is 0.0136. The van der Waals surface area contributed by atoms with Crippen LogP contribution in [-0.2, 0) is 6.54 Å². The molecule has 150 valence electrons. The van der Waals surface area contributed by atoms with Gasteiger partial charge in [0.15, 0.2) is 11.6 Å². The normalized spacial score (nSPS) is 19.9. The molecule has 1 aliphatic carbocycles. The summed E-state index contributed by atoms with van der Waals surface area (Å²) in [7, 11) is 0. The Kier molecular flexibility index (Phi) is 4.83. The van der Waals surface area contributed by atoms with Crippen molar-refractivity contribution >= 4 is 11.7 Å². The van der Waals surface area contributed by atoms with Crippen molar-refractivity contribution < 1.29 is 8.78 Å². The molecule has 1 N–H and O–H groups in total. The average molecular weight is 402 g/mol. The lowest BCUT2D eigenvalue weighted by Crippen LogP contribution is -2.35. The number of nitrogens with zero attached hydrogens (tertiary/aromatic N) is 3. The van der Waals surface area contributed by atoms with Crippen LogP contribution in [0, 0.1) is 17.6 Å². The number of benzene rings is 2. The highest BCUT2D eigenvalue weighted by molar-refractivity contribution is 6.11. The zero-order valence-electron chi connectivity index (χ0n) is 16.2. The molecule has 6 heteroatoms. The number of halogens is 2. The number of fused-ring (bicyclic) bond motifs is 3. The Balaban J connectivity index is 1.45. The van der Waals surface area contributed by atoms with E-state index in [1.165, 1.54) is 12.1 Å². The molecular weight excluding hydrogens is 382 g/mol. The van der Waals surface area contributed by atoms with E-state index in [1.54, 1.807) is 12.3 Å². The predicted molar refractivity (Wildman–Crippen MR) is 113 cm³/mol. The van der Waals surface area contributed by atoms with Gasteiger partial charge in [0.2, 0.25) is 5.96 Å². The molecule has 0 bridgehead atoms. The molecule has 0 amide bonds.